The number of carbonyl (C=O) groups is 1. The molecule has 0 aromatic heterocycles. The summed E-state index contributed by atoms with van der Waals surface area (Å²) in [5.74, 6) is -0.119. The van der Waals surface area contributed by atoms with Crippen molar-refractivity contribution in [2.24, 2.45) is 5.73 Å². The first-order valence-corrected chi connectivity index (χ1v) is 5.90. The van der Waals surface area contributed by atoms with Crippen LogP contribution in [-0.2, 0) is 19.0 Å². The fourth-order valence-corrected chi connectivity index (χ4v) is 1.28. The molecule has 1 atom stereocenters. The Morgan fingerprint density at radius 1 is 1.29 bits per heavy atom. The van der Waals surface area contributed by atoms with Crippen LogP contribution in [0, 0.1) is 0 Å². The first kappa shape index (κ1) is 16.3. The van der Waals surface area contributed by atoms with E-state index in [9.17, 15) is 4.79 Å². The van der Waals surface area contributed by atoms with E-state index >= 15 is 0 Å². The Labute approximate surface area is 103 Å². The number of carbonyl (C=O) groups excluding carboxylic acids is 1. The molecule has 0 rings (SSSR count). The Morgan fingerprint density at radius 2 is 1.88 bits per heavy atom. The minimum Gasteiger partial charge on any atom is -0.380 e. The number of hydrogen-bond donors (Lipinski definition) is 2. The van der Waals surface area contributed by atoms with Crippen molar-refractivity contribution in [3.05, 3.63) is 0 Å². The first-order chi connectivity index (χ1) is 8.17. The third kappa shape index (κ3) is 8.09. The van der Waals surface area contributed by atoms with Gasteiger partial charge in [0.1, 0.15) is 0 Å². The summed E-state index contributed by atoms with van der Waals surface area (Å²) in [4.78, 5) is 11.5. The highest BCUT2D eigenvalue weighted by Crippen LogP contribution is 1.97. The van der Waals surface area contributed by atoms with Gasteiger partial charge in [-0.25, -0.2) is 0 Å². The highest BCUT2D eigenvalue weighted by Gasteiger charge is 2.13. The van der Waals surface area contributed by atoms with E-state index in [0.29, 0.717) is 26.3 Å². The van der Waals surface area contributed by atoms with Gasteiger partial charge in [0.2, 0.25) is 5.91 Å². The zero-order valence-electron chi connectivity index (χ0n) is 10.9. The third-order valence-electron chi connectivity index (χ3n) is 2.18. The Hall–Kier alpha value is -0.690. The number of rotatable bonds is 10. The molecule has 0 saturated carbocycles. The first-order valence-electron chi connectivity index (χ1n) is 5.90. The van der Waals surface area contributed by atoms with Crippen LogP contribution in [0.3, 0.4) is 0 Å². The number of nitrogens with one attached hydrogen (secondary N) is 1. The molecule has 3 N–H and O–H groups in total. The molecule has 0 aromatic carbocycles. The van der Waals surface area contributed by atoms with Crippen molar-refractivity contribution in [2.45, 2.75) is 32.7 Å². The lowest BCUT2D eigenvalue weighted by molar-refractivity contribution is -0.141. The lowest BCUT2D eigenvalue weighted by Gasteiger charge is -2.18. The van der Waals surface area contributed by atoms with Gasteiger partial charge in [-0.05, 0) is 13.8 Å². The second-order valence-corrected chi connectivity index (χ2v) is 3.44. The van der Waals surface area contributed by atoms with Gasteiger partial charge in [0, 0.05) is 26.9 Å². The van der Waals surface area contributed by atoms with E-state index in [1.807, 2.05) is 13.8 Å². The van der Waals surface area contributed by atoms with E-state index in [4.69, 9.17) is 19.9 Å². The van der Waals surface area contributed by atoms with Gasteiger partial charge in [-0.1, -0.05) is 0 Å². The molecule has 1 unspecified atom stereocenters. The summed E-state index contributed by atoms with van der Waals surface area (Å²) in [6.45, 7) is 5.51. The smallest absolute Gasteiger partial charge is 0.222 e. The number of ether oxygens (including phenoxy) is 3. The van der Waals surface area contributed by atoms with Crippen molar-refractivity contribution >= 4 is 5.91 Å². The Morgan fingerprint density at radius 3 is 2.29 bits per heavy atom. The van der Waals surface area contributed by atoms with E-state index in [-0.39, 0.29) is 18.4 Å². The van der Waals surface area contributed by atoms with E-state index in [1.165, 1.54) is 7.11 Å². The number of amides is 1. The standard InChI is InChI=1S/C11H24N2O4/c1-4-16-11(17-5-2)8-13-10(14)6-9(7-12)15-3/h9,11H,4-8,12H2,1-3H3,(H,13,14). The van der Waals surface area contributed by atoms with Crippen LogP contribution in [0.25, 0.3) is 0 Å². The molecule has 1 amide bonds. The van der Waals surface area contributed by atoms with E-state index in [0.717, 1.165) is 0 Å². The van der Waals surface area contributed by atoms with Crippen LogP contribution in [0.4, 0.5) is 0 Å². The molecule has 0 fully saturated rings. The van der Waals surface area contributed by atoms with Crippen LogP contribution in [-0.4, -0.2) is 51.7 Å². The highest BCUT2D eigenvalue weighted by molar-refractivity contribution is 5.76. The zero-order valence-corrected chi connectivity index (χ0v) is 10.9. The highest BCUT2D eigenvalue weighted by atomic mass is 16.7. The van der Waals surface area contributed by atoms with Crippen molar-refractivity contribution in [2.75, 3.05) is 33.4 Å². The molecule has 17 heavy (non-hydrogen) atoms. The molecule has 102 valence electrons. The maximum Gasteiger partial charge on any atom is 0.222 e. The van der Waals surface area contributed by atoms with Crippen LogP contribution in [0.1, 0.15) is 20.3 Å². The van der Waals surface area contributed by atoms with Gasteiger partial charge in [-0.2, -0.15) is 0 Å². The molecule has 0 spiro atoms. The molecule has 0 aliphatic rings. The molecule has 0 heterocycles. The molecular weight excluding hydrogens is 224 g/mol. The van der Waals surface area contributed by atoms with Gasteiger partial charge >= 0.3 is 0 Å². The van der Waals surface area contributed by atoms with Crippen LogP contribution in [0.2, 0.25) is 0 Å². The van der Waals surface area contributed by atoms with Crippen LogP contribution in [0.15, 0.2) is 0 Å². The molecule has 0 radical (unpaired) electrons. The second-order valence-electron chi connectivity index (χ2n) is 3.44. The SMILES string of the molecule is CCOC(CNC(=O)CC(CN)OC)OCC. The fourth-order valence-electron chi connectivity index (χ4n) is 1.28. The van der Waals surface area contributed by atoms with Crippen molar-refractivity contribution in [3.8, 4) is 0 Å². The molecule has 0 aliphatic heterocycles. The van der Waals surface area contributed by atoms with Crippen LogP contribution < -0.4 is 11.1 Å². The maximum atomic E-state index is 11.5. The summed E-state index contributed by atoms with van der Waals surface area (Å²) in [5.41, 5.74) is 5.43. The summed E-state index contributed by atoms with van der Waals surface area (Å²) in [7, 11) is 1.54. The predicted molar refractivity (Wildman–Crippen MR) is 64.5 cm³/mol. The van der Waals surface area contributed by atoms with Crippen LogP contribution >= 0.6 is 0 Å². The average molecular weight is 248 g/mol. The summed E-state index contributed by atoms with van der Waals surface area (Å²) in [5, 5.41) is 2.73. The largest absolute Gasteiger partial charge is 0.380 e. The lowest BCUT2D eigenvalue weighted by atomic mass is 10.2. The minimum atomic E-state index is -0.396. The number of hydrogen-bond acceptors (Lipinski definition) is 5. The predicted octanol–water partition coefficient (Wildman–Crippen LogP) is -0.134. The van der Waals surface area contributed by atoms with E-state index < -0.39 is 6.29 Å². The third-order valence-corrected chi connectivity index (χ3v) is 2.18. The summed E-state index contributed by atoms with van der Waals surface area (Å²) in [6.07, 6.45) is -0.390. The average Bonchev–Trinajstić information content (AvgIpc) is 2.33. The second kappa shape index (κ2) is 10.5. The number of methoxy groups -OCH3 is 1. The topological polar surface area (TPSA) is 82.8 Å². The van der Waals surface area contributed by atoms with Gasteiger partial charge in [0.05, 0.1) is 19.1 Å². The van der Waals surface area contributed by atoms with E-state index in [1.54, 1.807) is 0 Å². The normalized spacial score (nSPS) is 12.8. The molecule has 6 nitrogen and oxygen atoms in total. The lowest BCUT2D eigenvalue weighted by Crippen LogP contribution is -2.38. The molecule has 0 saturated heterocycles. The Kier molecular flexibility index (Phi) is 10.0. The minimum absolute atomic E-state index is 0.119. The fraction of sp³-hybridized carbons (Fsp3) is 0.909. The summed E-state index contributed by atoms with van der Waals surface area (Å²) in [6, 6.07) is 0. The molecule has 6 heteroatoms. The monoisotopic (exact) mass is 248 g/mol. The van der Waals surface area contributed by atoms with Gasteiger partial charge in [-0.15, -0.1) is 0 Å². The van der Waals surface area contributed by atoms with Crippen molar-refractivity contribution in [3.63, 3.8) is 0 Å². The zero-order chi connectivity index (χ0) is 13.1. The molecular formula is C11H24N2O4. The Balaban J connectivity index is 3.86. The quantitative estimate of drug-likeness (QED) is 0.526. The number of nitrogens with two attached hydrogens (primary N) is 1. The molecule has 0 aromatic rings. The van der Waals surface area contributed by atoms with E-state index in [2.05, 4.69) is 5.32 Å². The molecule has 0 aliphatic carbocycles. The van der Waals surface area contributed by atoms with Crippen molar-refractivity contribution < 1.29 is 19.0 Å². The maximum absolute atomic E-state index is 11.5. The summed E-state index contributed by atoms with van der Waals surface area (Å²) >= 11 is 0. The Bertz CT molecular complexity index is 192. The van der Waals surface area contributed by atoms with Crippen molar-refractivity contribution in [1.82, 2.24) is 5.32 Å². The molecule has 0 bridgehead atoms. The van der Waals surface area contributed by atoms with Crippen molar-refractivity contribution in [1.29, 1.82) is 0 Å². The van der Waals surface area contributed by atoms with Gasteiger partial charge in [0.15, 0.2) is 6.29 Å². The van der Waals surface area contributed by atoms with Gasteiger partial charge in [-0.3, -0.25) is 4.79 Å². The van der Waals surface area contributed by atoms with Gasteiger partial charge in [0.25, 0.3) is 0 Å². The van der Waals surface area contributed by atoms with Crippen LogP contribution in [0.5, 0.6) is 0 Å². The summed E-state index contributed by atoms with van der Waals surface area (Å²) < 4.78 is 15.6. The van der Waals surface area contributed by atoms with Gasteiger partial charge < -0.3 is 25.3 Å².